The number of esters is 1. The predicted octanol–water partition coefficient (Wildman–Crippen LogP) is -0.0272. The van der Waals surface area contributed by atoms with Crippen LogP contribution < -0.4 is 5.73 Å². The molecule has 100 valence electrons. The van der Waals surface area contributed by atoms with Crippen molar-refractivity contribution in [3.8, 4) is 0 Å². The Morgan fingerprint density at radius 3 is 2.89 bits per heavy atom. The molecule has 0 bridgehead atoms. The first-order valence-corrected chi connectivity index (χ1v) is 6.87. The maximum atomic E-state index is 12.0. The van der Waals surface area contributed by atoms with Crippen molar-refractivity contribution in [3.63, 3.8) is 0 Å². The van der Waals surface area contributed by atoms with Gasteiger partial charge in [-0.15, -0.1) is 5.10 Å². The number of ether oxygens (including phenoxy) is 1. The lowest BCUT2D eigenvalue weighted by molar-refractivity contribution is -0.149. The van der Waals surface area contributed by atoms with E-state index in [0.29, 0.717) is 17.5 Å². The molecule has 0 amide bonds. The maximum Gasteiger partial charge on any atom is 0.327 e. The molecule has 0 spiro atoms. The van der Waals surface area contributed by atoms with Crippen LogP contribution in [-0.2, 0) is 16.6 Å². The Morgan fingerprint density at radius 2 is 2.39 bits per heavy atom. The van der Waals surface area contributed by atoms with Crippen LogP contribution in [0.3, 0.4) is 0 Å². The van der Waals surface area contributed by atoms with Gasteiger partial charge in [0.2, 0.25) is 5.16 Å². The number of tetrazole rings is 1. The van der Waals surface area contributed by atoms with Crippen molar-refractivity contribution in [2.24, 2.45) is 18.7 Å². The van der Waals surface area contributed by atoms with E-state index in [4.69, 9.17) is 10.5 Å². The highest BCUT2D eigenvalue weighted by Crippen LogP contribution is 2.41. The Bertz CT molecular complexity index is 434. The Morgan fingerprint density at radius 1 is 1.67 bits per heavy atom. The van der Waals surface area contributed by atoms with Gasteiger partial charge in [0, 0.05) is 12.8 Å². The third-order valence-electron chi connectivity index (χ3n) is 2.98. The quantitative estimate of drug-likeness (QED) is 0.573. The number of nitrogens with zero attached hydrogens (tertiary/aromatic N) is 4. The second-order valence-electron chi connectivity index (χ2n) is 4.41. The van der Waals surface area contributed by atoms with Gasteiger partial charge >= 0.3 is 5.97 Å². The molecule has 18 heavy (non-hydrogen) atoms. The van der Waals surface area contributed by atoms with Gasteiger partial charge in [-0.05, 0) is 36.1 Å². The molecule has 7 nitrogen and oxygen atoms in total. The number of rotatable bonds is 6. The molecule has 1 fully saturated rings. The number of hydrogen-bond donors (Lipinski definition) is 1. The van der Waals surface area contributed by atoms with E-state index >= 15 is 0 Å². The van der Waals surface area contributed by atoms with E-state index in [1.54, 1.807) is 18.7 Å². The van der Waals surface area contributed by atoms with Crippen LogP contribution in [-0.4, -0.2) is 44.1 Å². The van der Waals surface area contributed by atoms with Gasteiger partial charge in [0.25, 0.3) is 0 Å². The van der Waals surface area contributed by atoms with Gasteiger partial charge < -0.3 is 10.5 Å². The normalized spacial score (nSPS) is 18.4. The SMILES string of the molecule is CCOC(=O)C(N)(CSc1nnnn1C)C1CC1. The number of aromatic nitrogens is 4. The van der Waals surface area contributed by atoms with Crippen molar-refractivity contribution in [2.45, 2.75) is 30.5 Å². The van der Waals surface area contributed by atoms with Crippen LogP contribution >= 0.6 is 11.8 Å². The molecule has 1 unspecified atom stereocenters. The standard InChI is InChI=1S/C10H17N5O2S/c1-3-17-8(16)10(11,7-4-5-7)6-18-9-12-13-14-15(9)2/h7H,3-6,11H2,1-2H3. The van der Waals surface area contributed by atoms with Crippen molar-refractivity contribution in [1.29, 1.82) is 0 Å². The topological polar surface area (TPSA) is 95.9 Å². The van der Waals surface area contributed by atoms with Crippen LogP contribution in [0.5, 0.6) is 0 Å². The zero-order valence-electron chi connectivity index (χ0n) is 10.5. The molecule has 0 aromatic carbocycles. The van der Waals surface area contributed by atoms with Crippen LogP contribution in [0, 0.1) is 5.92 Å². The van der Waals surface area contributed by atoms with Crippen LogP contribution in [0.2, 0.25) is 0 Å². The lowest BCUT2D eigenvalue weighted by Crippen LogP contribution is -2.53. The largest absolute Gasteiger partial charge is 0.465 e. The van der Waals surface area contributed by atoms with Crippen molar-refractivity contribution in [2.75, 3.05) is 12.4 Å². The summed E-state index contributed by atoms with van der Waals surface area (Å²) in [6, 6.07) is 0. The zero-order chi connectivity index (χ0) is 13.2. The molecule has 2 rings (SSSR count). The Labute approximate surface area is 109 Å². The van der Waals surface area contributed by atoms with Crippen molar-refractivity contribution in [1.82, 2.24) is 20.2 Å². The first-order valence-electron chi connectivity index (χ1n) is 5.89. The monoisotopic (exact) mass is 271 g/mol. The molecule has 1 atom stereocenters. The molecule has 1 aliphatic carbocycles. The summed E-state index contributed by atoms with van der Waals surface area (Å²) in [5, 5.41) is 11.8. The summed E-state index contributed by atoms with van der Waals surface area (Å²) >= 11 is 1.38. The summed E-state index contributed by atoms with van der Waals surface area (Å²) < 4.78 is 6.63. The molecule has 1 saturated carbocycles. The van der Waals surface area contributed by atoms with Crippen LogP contribution in [0.25, 0.3) is 0 Å². The fourth-order valence-corrected chi connectivity index (χ4v) is 2.77. The molecule has 8 heteroatoms. The van der Waals surface area contributed by atoms with E-state index in [9.17, 15) is 4.79 Å². The number of thioether (sulfide) groups is 1. The van der Waals surface area contributed by atoms with Crippen LogP contribution in [0.15, 0.2) is 5.16 Å². The smallest absolute Gasteiger partial charge is 0.327 e. The second kappa shape index (κ2) is 5.23. The minimum absolute atomic E-state index is 0.213. The number of carbonyl (C=O) groups excluding carboxylic acids is 1. The summed E-state index contributed by atoms with van der Waals surface area (Å²) in [6.07, 6.45) is 1.96. The first-order chi connectivity index (χ1) is 8.58. The highest BCUT2D eigenvalue weighted by Gasteiger charge is 2.49. The van der Waals surface area contributed by atoms with Gasteiger partial charge in [-0.1, -0.05) is 11.8 Å². The van der Waals surface area contributed by atoms with E-state index in [0.717, 1.165) is 12.8 Å². The summed E-state index contributed by atoms with van der Waals surface area (Å²) in [5.41, 5.74) is 5.30. The molecule has 1 aromatic heterocycles. The fourth-order valence-electron chi connectivity index (χ4n) is 1.73. The molecule has 1 aliphatic rings. The van der Waals surface area contributed by atoms with Gasteiger partial charge in [-0.3, -0.25) is 4.79 Å². The lowest BCUT2D eigenvalue weighted by Gasteiger charge is -2.26. The molecule has 0 saturated heterocycles. The summed E-state index contributed by atoms with van der Waals surface area (Å²) in [4.78, 5) is 12.0. The van der Waals surface area contributed by atoms with Crippen LogP contribution in [0.4, 0.5) is 0 Å². The Kier molecular flexibility index (Phi) is 3.86. The number of aryl methyl sites for hydroxylation is 1. The second-order valence-corrected chi connectivity index (χ2v) is 5.35. The van der Waals surface area contributed by atoms with Crippen molar-refractivity contribution >= 4 is 17.7 Å². The number of carbonyl (C=O) groups is 1. The average Bonchev–Trinajstić information content (AvgIpc) is 3.11. The van der Waals surface area contributed by atoms with Crippen LogP contribution in [0.1, 0.15) is 19.8 Å². The van der Waals surface area contributed by atoms with E-state index in [1.807, 2.05) is 0 Å². The molecule has 1 heterocycles. The van der Waals surface area contributed by atoms with E-state index in [-0.39, 0.29) is 11.9 Å². The van der Waals surface area contributed by atoms with Crippen molar-refractivity contribution in [3.05, 3.63) is 0 Å². The summed E-state index contributed by atoms with van der Waals surface area (Å²) in [6.45, 7) is 2.13. The number of nitrogens with two attached hydrogens (primary N) is 1. The lowest BCUT2D eigenvalue weighted by atomic mass is 9.97. The molecule has 0 aliphatic heterocycles. The van der Waals surface area contributed by atoms with Gasteiger partial charge in [-0.2, -0.15) is 0 Å². The Hall–Kier alpha value is -1.15. The molecule has 1 aromatic rings. The number of hydrogen-bond acceptors (Lipinski definition) is 7. The van der Waals surface area contributed by atoms with E-state index in [1.165, 1.54) is 11.8 Å². The highest BCUT2D eigenvalue weighted by atomic mass is 32.2. The van der Waals surface area contributed by atoms with Gasteiger partial charge in [0.05, 0.1) is 6.61 Å². The summed E-state index contributed by atoms with van der Waals surface area (Å²) in [5.74, 6) is 0.324. The summed E-state index contributed by atoms with van der Waals surface area (Å²) in [7, 11) is 1.75. The third kappa shape index (κ3) is 2.64. The molecular weight excluding hydrogens is 254 g/mol. The zero-order valence-corrected chi connectivity index (χ0v) is 11.3. The minimum Gasteiger partial charge on any atom is -0.465 e. The molecular formula is C10H17N5O2S. The average molecular weight is 271 g/mol. The third-order valence-corrected chi connectivity index (χ3v) is 4.21. The van der Waals surface area contributed by atoms with E-state index in [2.05, 4.69) is 15.5 Å². The van der Waals surface area contributed by atoms with Gasteiger partial charge in [-0.25, -0.2) is 4.68 Å². The fraction of sp³-hybridized carbons (Fsp3) is 0.800. The van der Waals surface area contributed by atoms with E-state index < -0.39 is 5.54 Å². The van der Waals surface area contributed by atoms with Crippen molar-refractivity contribution < 1.29 is 9.53 Å². The minimum atomic E-state index is -0.924. The molecule has 2 N–H and O–H groups in total. The van der Waals surface area contributed by atoms with Gasteiger partial charge in [0.15, 0.2) is 0 Å². The van der Waals surface area contributed by atoms with Gasteiger partial charge in [0.1, 0.15) is 5.54 Å². The Balaban J connectivity index is 2.02. The predicted molar refractivity (Wildman–Crippen MR) is 65.8 cm³/mol. The highest BCUT2D eigenvalue weighted by molar-refractivity contribution is 7.99. The first kappa shape index (κ1) is 13.3. The molecule has 0 radical (unpaired) electrons. The maximum absolute atomic E-state index is 12.0.